The molecule has 0 bridgehead atoms. The third kappa shape index (κ3) is 6.27. The molecule has 1 aromatic heterocycles. The lowest BCUT2D eigenvalue weighted by molar-refractivity contribution is 0.470. The molecular formula is C13H22FN3O. The van der Waals surface area contributed by atoms with Crippen LogP contribution in [0.25, 0.3) is 0 Å². The van der Waals surface area contributed by atoms with Crippen LogP contribution in [0.5, 0.6) is 0 Å². The van der Waals surface area contributed by atoms with Crippen LogP contribution in [0.3, 0.4) is 0 Å². The molecule has 4 nitrogen and oxygen atoms in total. The molecule has 1 rings (SSSR count). The van der Waals surface area contributed by atoms with Crippen molar-refractivity contribution in [2.45, 2.75) is 26.2 Å². The van der Waals surface area contributed by atoms with E-state index in [0.29, 0.717) is 13.0 Å². The highest BCUT2D eigenvalue weighted by molar-refractivity contribution is 5.79. The Bertz CT molecular complexity index is 325. The predicted molar refractivity (Wildman–Crippen MR) is 71.6 cm³/mol. The van der Waals surface area contributed by atoms with Gasteiger partial charge < -0.3 is 15.1 Å². The van der Waals surface area contributed by atoms with Crippen LogP contribution in [0.1, 0.15) is 25.5 Å². The van der Waals surface area contributed by atoms with Gasteiger partial charge in [-0.1, -0.05) is 6.92 Å². The summed E-state index contributed by atoms with van der Waals surface area (Å²) in [6.07, 6.45) is 3.98. The maximum Gasteiger partial charge on any atom is 0.191 e. The maximum atomic E-state index is 12.0. The first kappa shape index (κ1) is 14.5. The van der Waals surface area contributed by atoms with Crippen molar-refractivity contribution in [2.75, 3.05) is 26.3 Å². The molecule has 0 saturated carbocycles. The Morgan fingerprint density at radius 3 is 2.89 bits per heavy atom. The summed E-state index contributed by atoms with van der Waals surface area (Å²) in [6, 6.07) is 3.82. The Balaban J connectivity index is 2.26. The minimum absolute atomic E-state index is 0.305. The van der Waals surface area contributed by atoms with Crippen molar-refractivity contribution in [3.8, 4) is 0 Å². The molecule has 0 atom stereocenters. The monoisotopic (exact) mass is 255 g/mol. The Labute approximate surface area is 108 Å². The van der Waals surface area contributed by atoms with E-state index in [0.717, 1.165) is 37.7 Å². The Morgan fingerprint density at radius 1 is 1.39 bits per heavy atom. The van der Waals surface area contributed by atoms with Crippen LogP contribution < -0.4 is 10.6 Å². The molecule has 2 N–H and O–H groups in total. The van der Waals surface area contributed by atoms with E-state index in [1.807, 2.05) is 12.1 Å². The Morgan fingerprint density at radius 2 is 2.22 bits per heavy atom. The number of nitrogens with one attached hydrogen (secondary N) is 2. The molecule has 0 aliphatic heterocycles. The van der Waals surface area contributed by atoms with Crippen LogP contribution in [-0.2, 0) is 6.42 Å². The molecule has 0 aromatic carbocycles. The SMILES string of the molecule is CCCN=C(NCCCF)NCCc1ccco1. The summed E-state index contributed by atoms with van der Waals surface area (Å²) in [5.41, 5.74) is 0. The quantitative estimate of drug-likeness (QED) is 0.425. The summed E-state index contributed by atoms with van der Waals surface area (Å²) >= 11 is 0. The molecule has 1 heterocycles. The minimum atomic E-state index is -0.305. The summed E-state index contributed by atoms with van der Waals surface area (Å²) in [6.45, 7) is 3.89. The number of rotatable bonds is 8. The summed E-state index contributed by atoms with van der Waals surface area (Å²) in [7, 11) is 0. The summed E-state index contributed by atoms with van der Waals surface area (Å²) in [4.78, 5) is 4.37. The van der Waals surface area contributed by atoms with Gasteiger partial charge in [-0.2, -0.15) is 0 Å². The number of halogens is 1. The zero-order valence-corrected chi connectivity index (χ0v) is 10.9. The van der Waals surface area contributed by atoms with Crippen LogP contribution in [0, 0.1) is 0 Å². The van der Waals surface area contributed by atoms with Crippen LogP contribution in [0.4, 0.5) is 4.39 Å². The molecule has 0 radical (unpaired) electrons. The van der Waals surface area contributed by atoms with Gasteiger partial charge in [0.15, 0.2) is 5.96 Å². The van der Waals surface area contributed by atoms with Crippen molar-refractivity contribution < 1.29 is 8.81 Å². The molecule has 1 aromatic rings. The molecule has 5 heteroatoms. The first-order chi connectivity index (χ1) is 8.86. The van der Waals surface area contributed by atoms with Crippen LogP contribution in [-0.4, -0.2) is 32.3 Å². The molecule has 0 saturated heterocycles. The Kier molecular flexibility index (Phi) is 7.68. The van der Waals surface area contributed by atoms with Gasteiger partial charge in [0.1, 0.15) is 5.76 Å². The summed E-state index contributed by atoms with van der Waals surface area (Å²) in [5, 5.41) is 6.31. The number of hydrogen-bond donors (Lipinski definition) is 2. The predicted octanol–water partition coefficient (Wildman–Crippen LogP) is 2.13. The fraction of sp³-hybridized carbons (Fsp3) is 0.615. The molecule has 0 unspecified atom stereocenters. The van der Waals surface area contributed by atoms with E-state index in [9.17, 15) is 4.39 Å². The van der Waals surface area contributed by atoms with Gasteiger partial charge in [0, 0.05) is 26.1 Å². The molecule has 0 fully saturated rings. The van der Waals surface area contributed by atoms with Crippen molar-refractivity contribution >= 4 is 5.96 Å². The fourth-order valence-corrected chi connectivity index (χ4v) is 1.43. The van der Waals surface area contributed by atoms with E-state index in [1.54, 1.807) is 6.26 Å². The number of nitrogens with zero attached hydrogens (tertiary/aromatic N) is 1. The molecular weight excluding hydrogens is 233 g/mol. The van der Waals surface area contributed by atoms with Gasteiger partial charge in [-0.05, 0) is 25.0 Å². The van der Waals surface area contributed by atoms with Crippen LogP contribution in [0.2, 0.25) is 0 Å². The van der Waals surface area contributed by atoms with Gasteiger partial charge in [0.25, 0.3) is 0 Å². The van der Waals surface area contributed by atoms with Crippen molar-refractivity contribution in [3.05, 3.63) is 24.2 Å². The largest absolute Gasteiger partial charge is 0.469 e. The normalized spacial score (nSPS) is 11.6. The van der Waals surface area contributed by atoms with E-state index in [2.05, 4.69) is 22.5 Å². The number of hydrogen-bond acceptors (Lipinski definition) is 2. The highest BCUT2D eigenvalue weighted by Crippen LogP contribution is 1.99. The van der Waals surface area contributed by atoms with E-state index in [-0.39, 0.29) is 6.67 Å². The smallest absolute Gasteiger partial charge is 0.191 e. The van der Waals surface area contributed by atoms with Crippen molar-refractivity contribution in [1.29, 1.82) is 0 Å². The topological polar surface area (TPSA) is 49.6 Å². The maximum absolute atomic E-state index is 12.0. The highest BCUT2D eigenvalue weighted by atomic mass is 19.1. The fourth-order valence-electron chi connectivity index (χ4n) is 1.43. The average molecular weight is 255 g/mol. The van der Waals surface area contributed by atoms with Gasteiger partial charge in [-0.3, -0.25) is 9.38 Å². The van der Waals surface area contributed by atoms with Gasteiger partial charge in [-0.15, -0.1) is 0 Å². The molecule has 0 spiro atoms. The van der Waals surface area contributed by atoms with Gasteiger partial charge >= 0.3 is 0 Å². The number of alkyl halides is 1. The van der Waals surface area contributed by atoms with E-state index < -0.39 is 0 Å². The van der Waals surface area contributed by atoms with Crippen molar-refractivity contribution in [3.63, 3.8) is 0 Å². The zero-order valence-electron chi connectivity index (χ0n) is 10.9. The Hall–Kier alpha value is -1.52. The first-order valence-electron chi connectivity index (χ1n) is 6.47. The van der Waals surface area contributed by atoms with Crippen LogP contribution >= 0.6 is 0 Å². The third-order valence-corrected chi connectivity index (χ3v) is 2.34. The van der Waals surface area contributed by atoms with Crippen molar-refractivity contribution in [1.82, 2.24) is 10.6 Å². The lowest BCUT2D eigenvalue weighted by Crippen LogP contribution is -2.39. The second-order valence-electron chi connectivity index (χ2n) is 3.96. The van der Waals surface area contributed by atoms with Crippen molar-refractivity contribution in [2.24, 2.45) is 4.99 Å². The molecule has 102 valence electrons. The highest BCUT2D eigenvalue weighted by Gasteiger charge is 1.99. The summed E-state index contributed by atoms with van der Waals surface area (Å²) < 4.78 is 17.3. The molecule has 18 heavy (non-hydrogen) atoms. The van der Waals surface area contributed by atoms with E-state index in [4.69, 9.17) is 4.42 Å². The lowest BCUT2D eigenvalue weighted by atomic mass is 10.3. The molecule has 0 aliphatic carbocycles. The van der Waals surface area contributed by atoms with Gasteiger partial charge in [0.2, 0.25) is 0 Å². The average Bonchev–Trinajstić information content (AvgIpc) is 2.88. The second kappa shape index (κ2) is 9.50. The zero-order chi connectivity index (χ0) is 13.1. The minimum Gasteiger partial charge on any atom is -0.469 e. The number of furan rings is 1. The van der Waals surface area contributed by atoms with E-state index in [1.165, 1.54) is 0 Å². The first-order valence-corrected chi connectivity index (χ1v) is 6.47. The van der Waals surface area contributed by atoms with Gasteiger partial charge in [0.05, 0.1) is 12.9 Å². The third-order valence-electron chi connectivity index (χ3n) is 2.34. The number of guanidine groups is 1. The molecule has 0 aliphatic rings. The van der Waals surface area contributed by atoms with E-state index >= 15 is 0 Å². The standard InChI is InChI=1S/C13H22FN3O/c1-2-8-15-13(16-9-4-7-14)17-10-6-12-5-3-11-18-12/h3,5,11H,2,4,6-10H2,1H3,(H2,15,16,17). The number of aliphatic imine (C=N–C) groups is 1. The molecule has 0 amide bonds. The lowest BCUT2D eigenvalue weighted by Gasteiger charge is -2.11. The van der Waals surface area contributed by atoms with Gasteiger partial charge in [-0.25, -0.2) is 0 Å². The summed E-state index contributed by atoms with van der Waals surface area (Å²) in [5.74, 6) is 1.69. The van der Waals surface area contributed by atoms with Crippen LogP contribution in [0.15, 0.2) is 27.8 Å². The second-order valence-corrected chi connectivity index (χ2v) is 3.96.